The minimum atomic E-state index is -0.391. The molecule has 0 unspecified atom stereocenters. The number of carbonyl (C=O) groups excluding carboxylic acids is 2. The molecule has 0 aliphatic carbocycles. The fourth-order valence-corrected chi connectivity index (χ4v) is 2.09. The zero-order valence-corrected chi connectivity index (χ0v) is 14.5. The largest absolute Gasteiger partial charge is 0.491 e. The molecule has 2 rings (SSSR count). The number of methoxy groups -OCH3 is 1. The Kier molecular flexibility index (Phi) is 6.34. The molecule has 0 atom stereocenters. The van der Waals surface area contributed by atoms with Gasteiger partial charge in [0, 0.05) is 11.8 Å². The van der Waals surface area contributed by atoms with Gasteiger partial charge in [0.2, 0.25) is 5.91 Å². The number of rotatable bonds is 6. The highest BCUT2D eigenvalue weighted by atomic mass is 16.5. The first-order chi connectivity index (χ1) is 12.0. The van der Waals surface area contributed by atoms with Crippen molar-refractivity contribution in [2.24, 2.45) is 0 Å². The van der Waals surface area contributed by atoms with Crippen LogP contribution >= 0.6 is 0 Å². The number of hydrogen-bond donors (Lipinski definition) is 1. The molecular weight excluding hydrogens is 318 g/mol. The maximum absolute atomic E-state index is 12.0. The van der Waals surface area contributed by atoms with Crippen molar-refractivity contribution in [1.82, 2.24) is 0 Å². The molecule has 2 aromatic rings. The van der Waals surface area contributed by atoms with Gasteiger partial charge in [-0.05, 0) is 61.9 Å². The van der Waals surface area contributed by atoms with Crippen LogP contribution in [0.25, 0.3) is 6.08 Å². The molecule has 5 nitrogen and oxygen atoms in total. The van der Waals surface area contributed by atoms with E-state index < -0.39 is 5.97 Å². The molecular formula is C20H21NO4. The highest BCUT2D eigenvalue weighted by Crippen LogP contribution is 2.17. The quantitative estimate of drug-likeness (QED) is 0.640. The molecule has 0 radical (unpaired) electrons. The average molecular weight is 339 g/mol. The molecule has 0 aliphatic rings. The van der Waals surface area contributed by atoms with Gasteiger partial charge in [-0.3, -0.25) is 4.79 Å². The number of ether oxygens (including phenoxy) is 2. The zero-order valence-electron chi connectivity index (χ0n) is 14.5. The molecule has 1 amide bonds. The van der Waals surface area contributed by atoms with Crippen LogP contribution in [-0.2, 0) is 9.53 Å². The Bertz CT molecular complexity index is 746. The van der Waals surface area contributed by atoms with Gasteiger partial charge in [0.1, 0.15) is 5.75 Å². The highest BCUT2D eigenvalue weighted by molar-refractivity contribution is 6.02. The van der Waals surface area contributed by atoms with Gasteiger partial charge in [-0.15, -0.1) is 0 Å². The van der Waals surface area contributed by atoms with Crippen LogP contribution in [0.15, 0.2) is 54.6 Å². The van der Waals surface area contributed by atoms with Crippen molar-refractivity contribution < 1.29 is 19.1 Å². The Morgan fingerprint density at radius 2 is 1.64 bits per heavy atom. The summed E-state index contributed by atoms with van der Waals surface area (Å²) in [6.45, 7) is 3.91. The summed E-state index contributed by atoms with van der Waals surface area (Å²) in [7, 11) is 1.34. The van der Waals surface area contributed by atoms with Gasteiger partial charge in [0.05, 0.1) is 18.8 Å². The standard InChI is InChI=1S/C20H21NO4/c1-14(2)25-18-11-9-17(10-12-18)21-19(22)13-6-15-4-7-16(8-5-15)20(23)24-3/h4-14H,1-3H3,(H,21,22)/b13-6+. The van der Waals surface area contributed by atoms with E-state index in [1.807, 2.05) is 26.0 Å². The Labute approximate surface area is 147 Å². The molecule has 0 spiro atoms. The smallest absolute Gasteiger partial charge is 0.337 e. The molecule has 0 fully saturated rings. The van der Waals surface area contributed by atoms with Crippen LogP contribution in [-0.4, -0.2) is 25.1 Å². The third kappa shape index (κ3) is 5.80. The topological polar surface area (TPSA) is 64.6 Å². The second-order valence-corrected chi connectivity index (χ2v) is 5.63. The molecule has 2 aromatic carbocycles. The number of carbonyl (C=O) groups is 2. The predicted octanol–water partition coefficient (Wildman–Crippen LogP) is 3.91. The van der Waals surface area contributed by atoms with Crippen molar-refractivity contribution >= 4 is 23.6 Å². The molecule has 0 saturated carbocycles. The Hall–Kier alpha value is -3.08. The number of esters is 1. The lowest BCUT2D eigenvalue weighted by molar-refractivity contribution is -0.111. The Morgan fingerprint density at radius 1 is 1.00 bits per heavy atom. The first kappa shape index (κ1) is 18.3. The molecule has 1 N–H and O–H groups in total. The monoisotopic (exact) mass is 339 g/mol. The number of amides is 1. The maximum atomic E-state index is 12.0. The predicted molar refractivity (Wildman–Crippen MR) is 97.7 cm³/mol. The lowest BCUT2D eigenvalue weighted by Gasteiger charge is -2.10. The van der Waals surface area contributed by atoms with Crippen molar-refractivity contribution in [1.29, 1.82) is 0 Å². The SMILES string of the molecule is COC(=O)c1ccc(/C=C/C(=O)Nc2ccc(OC(C)C)cc2)cc1. The van der Waals surface area contributed by atoms with E-state index in [0.29, 0.717) is 11.3 Å². The molecule has 0 heterocycles. The van der Waals surface area contributed by atoms with Gasteiger partial charge < -0.3 is 14.8 Å². The van der Waals surface area contributed by atoms with Crippen molar-refractivity contribution in [3.8, 4) is 5.75 Å². The molecule has 25 heavy (non-hydrogen) atoms. The van der Waals surface area contributed by atoms with E-state index in [1.54, 1.807) is 42.5 Å². The van der Waals surface area contributed by atoms with Crippen LogP contribution < -0.4 is 10.1 Å². The van der Waals surface area contributed by atoms with E-state index >= 15 is 0 Å². The summed E-state index contributed by atoms with van der Waals surface area (Å²) in [5.41, 5.74) is 1.96. The van der Waals surface area contributed by atoms with E-state index in [0.717, 1.165) is 11.3 Å². The summed E-state index contributed by atoms with van der Waals surface area (Å²) < 4.78 is 10.2. The first-order valence-corrected chi connectivity index (χ1v) is 7.92. The van der Waals surface area contributed by atoms with Crippen LogP contribution in [0.2, 0.25) is 0 Å². The second-order valence-electron chi connectivity index (χ2n) is 5.63. The molecule has 0 bridgehead atoms. The summed E-state index contributed by atoms with van der Waals surface area (Å²) in [5.74, 6) is 0.127. The van der Waals surface area contributed by atoms with Crippen molar-refractivity contribution in [3.63, 3.8) is 0 Å². The maximum Gasteiger partial charge on any atom is 0.337 e. The van der Waals surface area contributed by atoms with E-state index in [4.69, 9.17) is 4.74 Å². The third-order valence-corrected chi connectivity index (χ3v) is 3.25. The molecule has 130 valence electrons. The third-order valence-electron chi connectivity index (χ3n) is 3.25. The summed E-state index contributed by atoms with van der Waals surface area (Å²) in [6.07, 6.45) is 3.21. The zero-order chi connectivity index (χ0) is 18.2. The molecule has 0 aromatic heterocycles. The van der Waals surface area contributed by atoms with Gasteiger partial charge in [-0.2, -0.15) is 0 Å². The summed E-state index contributed by atoms with van der Waals surface area (Å²) >= 11 is 0. The number of benzene rings is 2. The Morgan fingerprint density at radius 3 is 2.20 bits per heavy atom. The fraction of sp³-hybridized carbons (Fsp3) is 0.200. The summed E-state index contributed by atoms with van der Waals surface area (Å²) in [6, 6.07) is 14.0. The van der Waals surface area contributed by atoms with E-state index in [1.165, 1.54) is 13.2 Å². The van der Waals surface area contributed by atoms with Crippen LogP contribution in [0.4, 0.5) is 5.69 Å². The van der Waals surface area contributed by atoms with Gasteiger partial charge in [-0.1, -0.05) is 12.1 Å². The van der Waals surface area contributed by atoms with Crippen LogP contribution in [0.5, 0.6) is 5.75 Å². The van der Waals surface area contributed by atoms with Crippen LogP contribution in [0.1, 0.15) is 29.8 Å². The molecule has 0 aliphatic heterocycles. The normalized spacial score (nSPS) is 10.7. The molecule has 5 heteroatoms. The number of anilines is 1. The minimum absolute atomic E-state index is 0.106. The highest BCUT2D eigenvalue weighted by Gasteiger charge is 2.04. The van der Waals surface area contributed by atoms with Crippen molar-refractivity contribution in [3.05, 3.63) is 65.7 Å². The van der Waals surface area contributed by atoms with Gasteiger partial charge in [-0.25, -0.2) is 4.79 Å². The number of hydrogen-bond acceptors (Lipinski definition) is 4. The number of nitrogens with one attached hydrogen (secondary N) is 1. The molecule has 0 saturated heterocycles. The van der Waals surface area contributed by atoms with Gasteiger partial charge >= 0.3 is 5.97 Å². The van der Waals surface area contributed by atoms with Crippen molar-refractivity contribution in [2.75, 3.05) is 12.4 Å². The van der Waals surface area contributed by atoms with Gasteiger partial charge in [0.15, 0.2) is 0 Å². The van der Waals surface area contributed by atoms with Crippen molar-refractivity contribution in [2.45, 2.75) is 20.0 Å². The van der Waals surface area contributed by atoms with E-state index in [2.05, 4.69) is 10.1 Å². The average Bonchev–Trinajstić information content (AvgIpc) is 2.61. The Balaban J connectivity index is 1.93. The fourth-order valence-electron chi connectivity index (χ4n) is 2.09. The summed E-state index contributed by atoms with van der Waals surface area (Å²) in [5, 5.41) is 2.78. The lowest BCUT2D eigenvalue weighted by atomic mass is 10.1. The van der Waals surface area contributed by atoms with E-state index in [9.17, 15) is 9.59 Å². The van der Waals surface area contributed by atoms with Crippen LogP contribution in [0, 0.1) is 0 Å². The van der Waals surface area contributed by atoms with Gasteiger partial charge in [0.25, 0.3) is 0 Å². The summed E-state index contributed by atoms with van der Waals surface area (Å²) in [4.78, 5) is 23.3. The first-order valence-electron chi connectivity index (χ1n) is 7.92. The minimum Gasteiger partial charge on any atom is -0.491 e. The van der Waals surface area contributed by atoms with Crippen LogP contribution in [0.3, 0.4) is 0 Å². The lowest BCUT2D eigenvalue weighted by Crippen LogP contribution is -2.08. The van der Waals surface area contributed by atoms with E-state index in [-0.39, 0.29) is 12.0 Å². The second kappa shape index (κ2) is 8.68.